The van der Waals surface area contributed by atoms with E-state index in [-0.39, 0.29) is 25.0 Å². The molecule has 3 rings (SSSR count). The molecular weight excluding hydrogens is 298 g/mol. The molecule has 2 unspecified atom stereocenters. The zero-order chi connectivity index (χ0) is 16.2. The Morgan fingerprint density at radius 2 is 2.13 bits per heavy atom. The molecule has 1 N–H and O–H groups in total. The highest BCUT2D eigenvalue weighted by atomic mass is 16.6. The number of benzene rings is 1. The Labute approximate surface area is 133 Å². The van der Waals surface area contributed by atoms with E-state index in [1.54, 1.807) is 11.0 Å². The SMILES string of the molecule is O=[N+]([O-])C1=CN2C(=NC(c3ccccc3)CC2OCCO)C=C1. The second-order valence-electron chi connectivity index (χ2n) is 5.25. The Morgan fingerprint density at radius 3 is 2.83 bits per heavy atom. The molecule has 7 nitrogen and oxygen atoms in total. The number of nitrogens with zero attached hydrogens (tertiary/aromatic N) is 3. The fourth-order valence-electron chi connectivity index (χ4n) is 2.69. The van der Waals surface area contributed by atoms with E-state index in [4.69, 9.17) is 9.84 Å². The third-order valence-electron chi connectivity index (χ3n) is 3.76. The van der Waals surface area contributed by atoms with E-state index in [0.29, 0.717) is 12.3 Å². The first kappa shape index (κ1) is 15.4. The van der Waals surface area contributed by atoms with Gasteiger partial charge in [0.15, 0.2) is 0 Å². The van der Waals surface area contributed by atoms with Gasteiger partial charge in [-0.05, 0) is 11.6 Å². The Bertz CT molecular complexity index is 669. The summed E-state index contributed by atoms with van der Waals surface area (Å²) in [6.07, 6.45) is 4.65. The smallest absolute Gasteiger partial charge is 0.285 e. The summed E-state index contributed by atoms with van der Waals surface area (Å²) in [5, 5.41) is 20.0. The number of ether oxygens (including phenoxy) is 1. The molecule has 0 amide bonds. The molecule has 0 aliphatic carbocycles. The first-order valence-electron chi connectivity index (χ1n) is 7.37. The Morgan fingerprint density at radius 1 is 1.35 bits per heavy atom. The van der Waals surface area contributed by atoms with E-state index in [1.165, 1.54) is 12.3 Å². The minimum atomic E-state index is -0.445. The Kier molecular flexibility index (Phi) is 4.50. The number of hydrogen-bond acceptors (Lipinski definition) is 6. The molecule has 0 fully saturated rings. The summed E-state index contributed by atoms with van der Waals surface area (Å²) < 4.78 is 5.68. The van der Waals surface area contributed by atoms with E-state index in [0.717, 1.165) is 5.56 Å². The molecule has 120 valence electrons. The van der Waals surface area contributed by atoms with Crippen molar-refractivity contribution in [2.24, 2.45) is 4.99 Å². The van der Waals surface area contributed by atoms with Crippen LogP contribution in [0.1, 0.15) is 18.0 Å². The second-order valence-corrected chi connectivity index (χ2v) is 5.25. The molecule has 0 aromatic heterocycles. The average molecular weight is 315 g/mol. The van der Waals surface area contributed by atoms with Gasteiger partial charge in [-0.15, -0.1) is 0 Å². The van der Waals surface area contributed by atoms with E-state index >= 15 is 0 Å². The molecule has 2 aliphatic rings. The van der Waals surface area contributed by atoms with Gasteiger partial charge in [0.2, 0.25) is 0 Å². The van der Waals surface area contributed by atoms with Crippen molar-refractivity contribution >= 4 is 5.84 Å². The highest BCUT2D eigenvalue weighted by Crippen LogP contribution is 2.32. The largest absolute Gasteiger partial charge is 0.394 e. The highest BCUT2D eigenvalue weighted by Gasteiger charge is 2.33. The Hall–Kier alpha value is -2.51. The lowest BCUT2D eigenvalue weighted by Gasteiger charge is -2.37. The van der Waals surface area contributed by atoms with Gasteiger partial charge in [0.1, 0.15) is 12.1 Å². The van der Waals surface area contributed by atoms with Gasteiger partial charge in [0, 0.05) is 12.5 Å². The third-order valence-corrected chi connectivity index (χ3v) is 3.76. The van der Waals surface area contributed by atoms with E-state index < -0.39 is 11.2 Å². The van der Waals surface area contributed by atoms with E-state index in [1.807, 2.05) is 30.3 Å². The normalized spacial score (nSPS) is 23.1. The molecule has 2 aliphatic heterocycles. The van der Waals surface area contributed by atoms with Crippen LogP contribution in [0.3, 0.4) is 0 Å². The molecule has 0 saturated heterocycles. The van der Waals surface area contributed by atoms with Crippen LogP contribution in [0.25, 0.3) is 0 Å². The number of rotatable bonds is 5. The highest BCUT2D eigenvalue weighted by molar-refractivity contribution is 5.95. The molecule has 2 atom stereocenters. The lowest BCUT2D eigenvalue weighted by molar-refractivity contribution is -0.420. The number of nitro groups is 1. The standard InChI is InChI=1S/C16H17N3O4/c20-8-9-23-16-10-14(12-4-2-1-3-5-12)17-15-7-6-13(19(21)22)11-18(15)16/h1-7,11,14,16,20H,8-10H2. The maximum Gasteiger partial charge on any atom is 0.285 e. The summed E-state index contributed by atoms with van der Waals surface area (Å²) in [5.41, 5.74) is 1.05. The summed E-state index contributed by atoms with van der Waals surface area (Å²) in [6.45, 7) is 0.0653. The fourth-order valence-corrected chi connectivity index (χ4v) is 2.69. The van der Waals surface area contributed by atoms with Crippen LogP contribution in [-0.2, 0) is 4.74 Å². The van der Waals surface area contributed by atoms with Crippen molar-refractivity contribution in [2.45, 2.75) is 18.7 Å². The molecule has 0 radical (unpaired) electrons. The maximum atomic E-state index is 11.0. The lowest BCUT2D eigenvalue weighted by atomic mass is 10.0. The van der Waals surface area contributed by atoms with Gasteiger partial charge in [0.05, 0.1) is 30.4 Å². The van der Waals surface area contributed by atoms with Crippen LogP contribution in [0.2, 0.25) is 0 Å². The summed E-state index contributed by atoms with van der Waals surface area (Å²) in [4.78, 5) is 16.9. The first-order chi connectivity index (χ1) is 11.2. The molecular formula is C16H17N3O4. The second kappa shape index (κ2) is 6.72. The number of aliphatic hydroxyl groups excluding tert-OH is 1. The van der Waals surface area contributed by atoms with Gasteiger partial charge < -0.3 is 9.84 Å². The van der Waals surface area contributed by atoms with Crippen LogP contribution in [-0.4, -0.2) is 40.2 Å². The lowest BCUT2D eigenvalue weighted by Crippen LogP contribution is -2.43. The number of allylic oxidation sites excluding steroid dienone is 1. The molecule has 0 saturated carbocycles. The van der Waals surface area contributed by atoms with Gasteiger partial charge in [-0.3, -0.25) is 20.0 Å². The van der Waals surface area contributed by atoms with Crippen LogP contribution >= 0.6 is 0 Å². The number of aliphatic hydroxyl groups is 1. The van der Waals surface area contributed by atoms with Crippen molar-refractivity contribution in [2.75, 3.05) is 13.2 Å². The molecule has 23 heavy (non-hydrogen) atoms. The summed E-state index contributed by atoms with van der Waals surface area (Å²) >= 11 is 0. The minimum Gasteiger partial charge on any atom is -0.394 e. The number of amidine groups is 1. The van der Waals surface area contributed by atoms with Crippen molar-refractivity contribution in [3.05, 3.63) is 70.1 Å². The predicted octanol–water partition coefficient (Wildman–Crippen LogP) is 1.85. The van der Waals surface area contributed by atoms with E-state index in [9.17, 15) is 10.1 Å². The monoisotopic (exact) mass is 315 g/mol. The Balaban J connectivity index is 1.91. The topological polar surface area (TPSA) is 88.2 Å². The zero-order valence-corrected chi connectivity index (χ0v) is 12.4. The van der Waals surface area contributed by atoms with Gasteiger partial charge in [-0.1, -0.05) is 30.3 Å². The van der Waals surface area contributed by atoms with Crippen molar-refractivity contribution in [3.8, 4) is 0 Å². The van der Waals surface area contributed by atoms with Gasteiger partial charge >= 0.3 is 0 Å². The molecule has 1 aromatic carbocycles. The number of fused-ring (bicyclic) bond motifs is 1. The molecule has 0 spiro atoms. The van der Waals surface area contributed by atoms with Crippen LogP contribution in [0.15, 0.2) is 59.4 Å². The molecule has 7 heteroatoms. The quantitative estimate of drug-likeness (QED) is 0.662. The summed E-state index contributed by atoms with van der Waals surface area (Å²) in [5.74, 6) is 0.624. The van der Waals surface area contributed by atoms with Crippen LogP contribution in [0, 0.1) is 10.1 Å². The van der Waals surface area contributed by atoms with Gasteiger partial charge in [0.25, 0.3) is 5.70 Å². The first-order valence-corrected chi connectivity index (χ1v) is 7.37. The maximum absolute atomic E-state index is 11.0. The molecule has 0 bridgehead atoms. The fraction of sp³-hybridized carbons (Fsp3) is 0.312. The van der Waals surface area contributed by atoms with Crippen LogP contribution in [0.5, 0.6) is 0 Å². The van der Waals surface area contributed by atoms with Crippen LogP contribution < -0.4 is 0 Å². The van der Waals surface area contributed by atoms with Crippen molar-refractivity contribution in [1.29, 1.82) is 0 Å². The zero-order valence-electron chi connectivity index (χ0n) is 12.4. The van der Waals surface area contributed by atoms with Crippen molar-refractivity contribution in [1.82, 2.24) is 4.90 Å². The van der Waals surface area contributed by atoms with E-state index in [2.05, 4.69) is 4.99 Å². The number of hydrogen-bond donors (Lipinski definition) is 1. The summed E-state index contributed by atoms with van der Waals surface area (Å²) in [6, 6.07) is 9.76. The van der Waals surface area contributed by atoms with Crippen molar-refractivity contribution in [3.63, 3.8) is 0 Å². The third kappa shape index (κ3) is 3.30. The molecule has 2 heterocycles. The van der Waals surface area contributed by atoms with Gasteiger partial charge in [-0.25, -0.2) is 0 Å². The van der Waals surface area contributed by atoms with Crippen LogP contribution in [0.4, 0.5) is 0 Å². The predicted molar refractivity (Wildman–Crippen MR) is 84.1 cm³/mol. The summed E-state index contributed by atoms with van der Waals surface area (Å²) in [7, 11) is 0. The van der Waals surface area contributed by atoms with Gasteiger partial charge in [-0.2, -0.15) is 0 Å². The minimum absolute atomic E-state index is 0.0142. The molecule has 1 aromatic rings. The average Bonchev–Trinajstić information content (AvgIpc) is 2.59. The van der Waals surface area contributed by atoms with Crippen molar-refractivity contribution < 1.29 is 14.8 Å². The number of aliphatic imine (C=N–C) groups is 1.